The average Bonchev–Trinajstić information content (AvgIpc) is 3.54. The Bertz CT molecular complexity index is 1590. The minimum atomic E-state index is -0.466. The minimum absolute atomic E-state index is 0.136. The van der Waals surface area contributed by atoms with Gasteiger partial charge in [-0.1, -0.05) is 23.7 Å². The minimum Gasteiger partial charge on any atom is -0.383 e. The van der Waals surface area contributed by atoms with E-state index >= 15 is 4.39 Å². The molecule has 1 aliphatic rings. The molecule has 0 unspecified atom stereocenters. The molecular weight excluding hydrogens is 549 g/mol. The first-order chi connectivity index (χ1) is 19.8. The summed E-state index contributed by atoms with van der Waals surface area (Å²) in [6, 6.07) is 9.71. The topological polar surface area (TPSA) is 106 Å². The molecule has 41 heavy (non-hydrogen) atoms. The van der Waals surface area contributed by atoms with E-state index in [2.05, 4.69) is 20.7 Å². The smallest absolute Gasteiger partial charge is 0.291 e. The number of hydrogen-bond acceptors (Lipinski definition) is 6. The molecule has 2 aromatic carbocycles. The predicted octanol–water partition coefficient (Wildman–Crippen LogP) is 4.00. The molecule has 0 spiro atoms. The fraction of sp³-hybridized carbons (Fsp3) is 0.310. The molecule has 3 heterocycles. The summed E-state index contributed by atoms with van der Waals surface area (Å²) in [5.74, 6) is -0.880. The molecular formula is C29H31ClFN7O3. The lowest BCUT2D eigenvalue weighted by atomic mass is 10.0. The van der Waals surface area contributed by atoms with E-state index in [0.717, 1.165) is 18.8 Å². The number of aromatic nitrogens is 4. The first-order valence-electron chi connectivity index (χ1n) is 13.2. The van der Waals surface area contributed by atoms with Crippen molar-refractivity contribution >= 4 is 29.1 Å². The van der Waals surface area contributed by atoms with Crippen molar-refractivity contribution < 1.29 is 18.7 Å². The molecule has 1 fully saturated rings. The Kier molecular flexibility index (Phi) is 8.48. The van der Waals surface area contributed by atoms with Gasteiger partial charge in [0.15, 0.2) is 5.82 Å². The van der Waals surface area contributed by atoms with Crippen LogP contribution in [-0.2, 0) is 18.3 Å². The van der Waals surface area contributed by atoms with Gasteiger partial charge in [0.1, 0.15) is 5.82 Å². The second kappa shape index (κ2) is 12.2. The molecule has 1 saturated heterocycles. The Labute approximate surface area is 242 Å². The van der Waals surface area contributed by atoms with E-state index < -0.39 is 11.7 Å². The van der Waals surface area contributed by atoms with Crippen molar-refractivity contribution in [3.8, 4) is 22.4 Å². The van der Waals surface area contributed by atoms with Crippen molar-refractivity contribution in [1.29, 1.82) is 0 Å². The van der Waals surface area contributed by atoms with Gasteiger partial charge >= 0.3 is 0 Å². The number of hydrogen-bond donors (Lipinski definition) is 2. The SMILES string of the molecule is COCCn1ncc(-c2ccc(-c3cnc(C(=O)Nc4ccc(C(=O)N5CCNCC5)c(Cl)c4)n3C)cc2F)c1C. The number of anilines is 1. The molecule has 5 rings (SSSR count). The number of amides is 2. The summed E-state index contributed by atoms with van der Waals surface area (Å²) < 4.78 is 23.8. The second-order valence-electron chi connectivity index (χ2n) is 9.77. The maximum atomic E-state index is 15.3. The van der Waals surface area contributed by atoms with Crippen molar-refractivity contribution in [3.63, 3.8) is 0 Å². The van der Waals surface area contributed by atoms with Crippen LogP contribution in [-0.4, -0.2) is 75.9 Å². The van der Waals surface area contributed by atoms with E-state index in [1.807, 2.05) is 6.92 Å². The van der Waals surface area contributed by atoms with Gasteiger partial charge in [-0.3, -0.25) is 14.3 Å². The summed E-state index contributed by atoms with van der Waals surface area (Å²) in [6.07, 6.45) is 3.18. The molecule has 0 aliphatic carbocycles. The van der Waals surface area contributed by atoms with Gasteiger partial charge < -0.3 is 24.8 Å². The van der Waals surface area contributed by atoms with E-state index in [-0.39, 0.29) is 16.8 Å². The lowest BCUT2D eigenvalue weighted by molar-refractivity contribution is 0.0736. The van der Waals surface area contributed by atoms with Crippen molar-refractivity contribution in [2.75, 3.05) is 45.2 Å². The number of methoxy groups -OCH3 is 1. The van der Waals surface area contributed by atoms with Crippen molar-refractivity contribution in [3.05, 3.63) is 76.7 Å². The highest BCUT2D eigenvalue weighted by atomic mass is 35.5. The highest BCUT2D eigenvalue weighted by Gasteiger charge is 2.22. The number of piperazine rings is 1. The fourth-order valence-corrected chi connectivity index (χ4v) is 5.15. The van der Waals surface area contributed by atoms with Gasteiger partial charge in [0.05, 0.1) is 41.8 Å². The van der Waals surface area contributed by atoms with Gasteiger partial charge in [-0.05, 0) is 31.2 Å². The van der Waals surface area contributed by atoms with E-state index in [1.165, 1.54) is 12.3 Å². The number of ether oxygens (including phenoxy) is 1. The fourth-order valence-electron chi connectivity index (χ4n) is 4.89. The van der Waals surface area contributed by atoms with Crippen LogP contribution in [0.15, 0.2) is 48.8 Å². The molecule has 0 saturated carbocycles. The van der Waals surface area contributed by atoms with Gasteiger partial charge in [0.2, 0.25) is 0 Å². The van der Waals surface area contributed by atoms with Crippen LogP contribution in [0, 0.1) is 12.7 Å². The normalized spacial score (nSPS) is 13.4. The number of carbonyl (C=O) groups excluding carboxylic acids is 2. The zero-order valence-electron chi connectivity index (χ0n) is 23.1. The third kappa shape index (κ3) is 5.88. The Morgan fingerprint density at radius 1 is 1.12 bits per heavy atom. The van der Waals surface area contributed by atoms with Crippen LogP contribution in [0.3, 0.4) is 0 Å². The molecule has 2 aromatic heterocycles. The van der Waals surface area contributed by atoms with Gasteiger partial charge in [-0.2, -0.15) is 5.10 Å². The van der Waals surface area contributed by atoms with E-state index in [0.29, 0.717) is 59.9 Å². The van der Waals surface area contributed by atoms with Crippen LogP contribution in [0.2, 0.25) is 5.02 Å². The maximum absolute atomic E-state index is 15.3. The molecule has 2 amide bonds. The zero-order chi connectivity index (χ0) is 29.1. The van der Waals surface area contributed by atoms with Crippen LogP contribution in [0.5, 0.6) is 0 Å². The molecule has 214 valence electrons. The Morgan fingerprint density at radius 3 is 2.61 bits per heavy atom. The standard InChI is InChI=1S/C29H31ClFN7O3/c1-18-23(16-34-38(18)12-13-41-3)21-6-4-19(14-25(21)31)26-17-33-27(36(26)2)28(39)35-20-5-7-22(24(30)15-20)29(40)37-10-8-32-9-11-37/h4-7,14-17,32H,8-13H2,1-3H3,(H,35,39). The zero-order valence-corrected chi connectivity index (χ0v) is 23.8. The monoisotopic (exact) mass is 579 g/mol. The quantitative estimate of drug-likeness (QED) is 0.327. The lowest BCUT2D eigenvalue weighted by Crippen LogP contribution is -2.46. The summed E-state index contributed by atoms with van der Waals surface area (Å²) >= 11 is 6.41. The Morgan fingerprint density at radius 2 is 1.90 bits per heavy atom. The van der Waals surface area contributed by atoms with Gasteiger partial charge in [-0.25, -0.2) is 9.37 Å². The number of nitrogens with zero attached hydrogens (tertiary/aromatic N) is 5. The van der Waals surface area contributed by atoms with Crippen molar-refractivity contribution in [1.82, 2.24) is 29.5 Å². The molecule has 0 bridgehead atoms. The second-order valence-corrected chi connectivity index (χ2v) is 10.2. The van der Waals surface area contributed by atoms with Crippen LogP contribution in [0.25, 0.3) is 22.4 Å². The van der Waals surface area contributed by atoms with E-state index in [1.54, 1.807) is 64.8 Å². The van der Waals surface area contributed by atoms with Gasteiger partial charge in [0.25, 0.3) is 11.8 Å². The molecule has 2 N–H and O–H groups in total. The number of rotatable bonds is 8. The number of benzene rings is 2. The van der Waals surface area contributed by atoms with E-state index in [4.69, 9.17) is 16.3 Å². The van der Waals surface area contributed by atoms with Gasteiger partial charge in [-0.15, -0.1) is 0 Å². The number of halogens is 2. The predicted molar refractivity (Wildman–Crippen MR) is 155 cm³/mol. The third-order valence-corrected chi connectivity index (χ3v) is 7.53. The Hall–Kier alpha value is -4.06. The highest BCUT2D eigenvalue weighted by Crippen LogP contribution is 2.30. The molecule has 0 atom stereocenters. The van der Waals surface area contributed by atoms with Crippen LogP contribution in [0.4, 0.5) is 10.1 Å². The molecule has 10 nitrogen and oxygen atoms in total. The third-order valence-electron chi connectivity index (χ3n) is 7.22. The number of imidazole rings is 1. The number of carbonyl (C=O) groups is 2. The summed E-state index contributed by atoms with van der Waals surface area (Å²) in [4.78, 5) is 31.9. The first kappa shape index (κ1) is 28.5. The molecule has 12 heteroatoms. The van der Waals surface area contributed by atoms with Crippen LogP contribution in [0.1, 0.15) is 26.7 Å². The van der Waals surface area contributed by atoms with Gasteiger partial charge in [0, 0.05) is 68.4 Å². The van der Waals surface area contributed by atoms with Crippen LogP contribution < -0.4 is 10.6 Å². The molecule has 0 radical (unpaired) electrons. The van der Waals surface area contributed by atoms with Crippen LogP contribution >= 0.6 is 11.6 Å². The summed E-state index contributed by atoms with van der Waals surface area (Å²) in [5, 5.41) is 10.6. The Balaban J connectivity index is 1.31. The first-order valence-corrected chi connectivity index (χ1v) is 13.6. The molecule has 1 aliphatic heterocycles. The largest absolute Gasteiger partial charge is 0.383 e. The maximum Gasteiger partial charge on any atom is 0.291 e. The lowest BCUT2D eigenvalue weighted by Gasteiger charge is -2.27. The van der Waals surface area contributed by atoms with Crippen molar-refractivity contribution in [2.45, 2.75) is 13.5 Å². The summed E-state index contributed by atoms with van der Waals surface area (Å²) in [6.45, 7) is 5.67. The van der Waals surface area contributed by atoms with E-state index in [9.17, 15) is 9.59 Å². The number of nitrogens with one attached hydrogen (secondary N) is 2. The summed E-state index contributed by atoms with van der Waals surface area (Å²) in [5.41, 5.74) is 3.94. The average molecular weight is 580 g/mol. The van der Waals surface area contributed by atoms with Crippen molar-refractivity contribution in [2.24, 2.45) is 7.05 Å². The summed E-state index contributed by atoms with van der Waals surface area (Å²) in [7, 11) is 3.31. The highest BCUT2D eigenvalue weighted by molar-refractivity contribution is 6.34. The molecule has 4 aromatic rings.